The molecule has 0 aromatic heterocycles. The summed E-state index contributed by atoms with van der Waals surface area (Å²) in [6.45, 7) is 3.63. The summed E-state index contributed by atoms with van der Waals surface area (Å²) in [6, 6.07) is 0.180. The average molecular weight is 144 g/mol. The highest BCUT2D eigenvalue weighted by atomic mass is 16.3. The molecule has 1 radical (unpaired) electrons. The van der Waals surface area contributed by atoms with Crippen LogP contribution in [-0.2, 0) is 9.90 Å². The number of hydrogen-bond acceptors (Lipinski definition) is 1. The summed E-state index contributed by atoms with van der Waals surface area (Å²) < 4.78 is 0. The summed E-state index contributed by atoms with van der Waals surface area (Å²) >= 11 is 0. The van der Waals surface area contributed by atoms with E-state index in [0.29, 0.717) is 12.8 Å². The summed E-state index contributed by atoms with van der Waals surface area (Å²) in [7, 11) is 0. The van der Waals surface area contributed by atoms with Crippen molar-refractivity contribution < 1.29 is 9.90 Å². The first-order chi connectivity index (χ1) is 4.66. The second-order valence-corrected chi connectivity index (χ2v) is 2.53. The zero-order chi connectivity index (χ0) is 7.98. The number of carbonyl (C=O) groups excluding carboxylic acids is 1. The van der Waals surface area contributed by atoms with E-state index in [1.807, 2.05) is 13.8 Å². The van der Waals surface area contributed by atoms with E-state index < -0.39 is 0 Å². The number of rotatable bonds is 4. The van der Waals surface area contributed by atoms with Crippen LogP contribution in [0.15, 0.2) is 0 Å². The van der Waals surface area contributed by atoms with E-state index in [1.165, 1.54) is 0 Å². The maximum atomic E-state index is 10.8. The fourth-order valence-electron chi connectivity index (χ4n) is 0.627. The third kappa shape index (κ3) is 5.56. The highest BCUT2D eigenvalue weighted by Crippen LogP contribution is 1.88. The van der Waals surface area contributed by atoms with Crippen molar-refractivity contribution >= 4 is 5.91 Å². The Labute approximate surface area is 61.4 Å². The van der Waals surface area contributed by atoms with Gasteiger partial charge in [-0.05, 0) is 20.3 Å². The van der Waals surface area contributed by atoms with Crippen LogP contribution in [-0.4, -0.2) is 18.6 Å². The molecule has 0 heterocycles. The number of carbonyl (C=O) groups is 1. The number of nitrogens with one attached hydrogen (secondary N) is 1. The van der Waals surface area contributed by atoms with E-state index in [0.717, 1.165) is 0 Å². The molecular weight excluding hydrogens is 130 g/mol. The molecule has 3 heteroatoms. The number of hydrogen-bond donors (Lipinski definition) is 1. The quantitative estimate of drug-likeness (QED) is 0.621. The molecule has 0 fully saturated rings. The van der Waals surface area contributed by atoms with Crippen molar-refractivity contribution in [3.8, 4) is 0 Å². The van der Waals surface area contributed by atoms with Gasteiger partial charge in [0.25, 0.3) is 0 Å². The zero-order valence-corrected chi connectivity index (χ0v) is 6.52. The van der Waals surface area contributed by atoms with Crippen molar-refractivity contribution in [2.24, 2.45) is 0 Å². The van der Waals surface area contributed by atoms with Gasteiger partial charge in [-0.3, -0.25) is 4.79 Å². The van der Waals surface area contributed by atoms with Crippen molar-refractivity contribution in [2.75, 3.05) is 6.61 Å². The lowest BCUT2D eigenvalue weighted by molar-refractivity contribution is -0.121. The van der Waals surface area contributed by atoms with Gasteiger partial charge in [0.1, 0.15) is 0 Å². The summed E-state index contributed by atoms with van der Waals surface area (Å²) in [5.41, 5.74) is 0. The molecule has 0 atom stereocenters. The van der Waals surface area contributed by atoms with Crippen LogP contribution in [0.2, 0.25) is 0 Å². The predicted octanol–water partition coefficient (Wildman–Crippen LogP) is 0.722. The molecule has 0 unspecified atom stereocenters. The molecule has 3 nitrogen and oxygen atoms in total. The van der Waals surface area contributed by atoms with Gasteiger partial charge in [0, 0.05) is 12.5 Å². The third-order valence-corrected chi connectivity index (χ3v) is 0.998. The molecule has 1 amide bonds. The summed E-state index contributed by atoms with van der Waals surface area (Å²) in [5, 5.41) is 12.6. The standard InChI is InChI=1S/C7H14NO2/c1-6(2)8-7(10)4-3-5-9/h6H,3-5H2,1-2H3,(H,8,10). The van der Waals surface area contributed by atoms with Gasteiger partial charge in [-0.25, -0.2) is 5.11 Å². The van der Waals surface area contributed by atoms with Crippen molar-refractivity contribution in [1.82, 2.24) is 5.32 Å². The molecule has 0 aromatic carbocycles. The molecule has 0 aliphatic rings. The highest BCUT2D eigenvalue weighted by Gasteiger charge is 2.00. The van der Waals surface area contributed by atoms with Gasteiger partial charge in [0.05, 0.1) is 6.61 Å². The van der Waals surface area contributed by atoms with Gasteiger partial charge in [-0.2, -0.15) is 0 Å². The molecule has 0 aliphatic carbocycles. The minimum absolute atomic E-state index is 0.0224. The lowest BCUT2D eigenvalue weighted by Gasteiger charge is -2.06. The second-order valence-electron chi connectivity index (χ2n) is 2.53. The van der Waals surface area contributed by atoms with Crippen LogP contribution in [0.4, 0.5) is 0 Å². The molecule has 59 valence electrons. The van der Waals surface area contributed by atoms with Crippen LogP contribution >= 0.6 is 0 Å². The highest BCUT2D eigenvalue weighted by molar-refractivity contribution is 5.76. The lowest BCUT2D eigenvalue weighted by Crippen LogP contribution is -2.29. The third-order valence-electron chi connectivity index (χ3n) is 0.998. The molecule has 10 heavy (non-hydrogen) atoms. The van der Waals surface area contributed by atoms with Gasteiger partial charge in [-0.15, -0.1) is 0 Å². The van der Waals surface area contributed by atoms with Crippen LogP contribution < -0.4 is 5.32 Å². The van der Waals surface area contributed by atoms with Crippen molar-refractivity contribution in [3.63, 3.8) is 0 Å². The van der Waals surface area contributed by atoms with E-state index in [-0.39, 0.29) is 18.6 Å². The first-order valence-corrected chi connectivity index (χ1v) is 3.54. The van der Waals surface area contributed by atoms with Crippen molar-refractivity contribution in [1.29, 1.82) is 0 Å². The zero-order valence-electron chi connectivity index (χ0n) is 6.52. The fourth-order valence-corrected chi connectivity index (χ4v) is 0.627. The molecule has 0 saturated carbocycles. The molecule has 0 bridgehead atoms. The van der Waals surface area contributed by atoms with Gasteiger partial charge >= 0.3 is 0 Å². The Balaban J connectivity index is 3.26. The summed E-state index contributed by atoms with van der Waals surface area (Å²) in [6.07, 6.45) is 0.806. The molecule has 0 spiro atoms. The van der Waals surface area contributed by atoms with Gasteiger partial charge in [-0.1, -0.05) is 0 Å². The first kappa shape index (κ1) is 9.43. The SMILES string of the molecule is CC(C)NC(=O)CCC[O]. The van der Waals surface area contributed by atoms with Crippen LogP contribution in [0, 0.1) is 0 Å². The fraction of sp³-hybridized carbons (Fsp3) is 0.857. The molecule has 0 saturated heterocycles. The molecular formula is C7H14NO2. The lowest BCUT2D eigenvalue weighted by atomic mass is 10.3. The normalized spacial score (nSPS) is 10.0. The minimum Gasteiger partial charge on any atom is -0.354 e. The van der Waals surface area contributed by atoms with Gasteiger partial charge in [0.15, 0.2) is 0 Å². The van der Waals surface area contributed by atoms with E-state index >= 15 is 0 Å². The van der Waals surface area contributed by atoms with E-state index in [2.05, 4.69) is 5.32 Å². The predicted molar refractivity (Wildman–Crippen MR) is 38.1 cm³/mol. The maximum absolute atomic E-state index is 10.8. The molecule has 0 rings (SSSR count). The Morgan fingerprint density at radius 3 is 2.50 bits per heavy atom. The van der Waals surface area contributed by atoms with E-state index in [1.54, 1.807) is 0 Å². The Morgan fingerprint density at radius 2 is 2.10 bits per heavy atom. The van der Waals surface area contributed by atoms with Crippen molar-refractivity contribution in [2.45, 2.75) is 32.7 Å². The Bertz CT molecular complexity index is 102. The Morgan fingerprint density at radius 1 is 1.50 bits per heavy atom. The van der Waals surface area contributed by atoms with Crippen molar-refractivity contribution in [3.05, 3.63) is 0 Å². The topological polar surface area (TPSA) is 49.0 Å². The molecule has 0 aromatic rings. The average Bonchev–Trinajstić information content (AvgIpc) is 1.82. The van der Waals surface area contributed by atoms with Gasteiger partial charge < -0.3 is 5.32 Å². The molecule has 0 aliphatic heterocycles. The van der Waals surface area contributed by atoms with E-state index in [4.69, 9.17) is 0 Å². The van der Waals surface area contributed by atoms with Gasteiger partial charge in [0.2, 0.25) is 5.91 Å². The number of amides is 1. The van der Waals surface area contributed by atoms with Crippen LogP contribution in [0.1, 0.15) is 26.7 Å². The Hall–Kier alpha value is -0.570. The monoisotopic (exact) mass is 144 g/mol. The second kappa shape index (κ2) is 5.23. The van der Waals surface area contributed by atoms with Crippen LogP contribution in [0.3, 0.4) is 0 Å². The Kier molecular flexibility index (Phi) is 4.94. The smallest absolute Gasteiger partial charge is 0.220 e. The van der Waals surface area contributed by atoms with Crippen LogP contribution in [0.25, 0.3) is 0 Å². The maximum Gasteiger partial charge on any atom is 0.220 e. The van der Waals surface area contributed by atoms with E-state index in [9.17, 15) is 9.90 Å². The first-order valence-electron chi connectivity index (χ1n) is 3.54. The molecule has 1 N–H and O–H groups in total. The minimum atomic E-state index is -0.161. The summed E-state index contributed by atoms with van der Waals surface area (Å²) in [4.78, 5) is 10.8. The largest absolute Gasteiger partial charge is 0.354 e. The summed E-state index contributed by atoms with van der Waals surface area (Å²) in [5.74, 6) is -0.0224. The van der Waals surface area contributed by atoms with Crippen LogP contribution in [0.5, 0.6) is 0 Å².